The molecule has 26 heteroatoms. The molecular weight excluding hydrogens is 766 g/mol. The molecule has 0 radical (unpaired) electrons. The van der Waals surface area contributed by atoms with Crippen molar-refractivity contribution in [3.63, 3.8) is 0 Å². The number of carbonyl (C=O) groups is 1. The van der Waals surface area contributed by atoms with Gasteiger partial charge in [-0.2, -0.15) is 4.98 Å². The van der Waals surface area contributed by atoms with Gasteiger partial charge in [0.15, 0.2) is 32.1 Å². The normalized spacial score (nSPS) is 26.5. The maximum atomic E-state index is 13.3. The van der Waals surface area contributed by atoms with E-state index in [1.54, 1.807) is 0 Å². The van der Waals surface area contributed by atoms with Gasteiger partial charge in [0, 0.05) is 12.6 Å². The number of fused-ring (bicyclic) bond motifs is 1. The smallest absolute Gasteiger partial charge is 0.455 e. The molecule has 0 amide bonds. The Morgan fingerprint density at radius 3 is 2.42 bits per heavy atom. The second kappa shape index (κ2) is 15.5. The molecule has 8 N–H and O–H groups in total. The average Bonchev–Trinajstić information content (AvgIpc) is 3.73. The number of hydrogen-bond donors (Lipinski definition) is 6. The molecule has 0 bridgehead atoms. The van der Waals surface area contributed by atoms with E-state index in [2.05, 4.69) is 24.5 Å². The fraction of sp³-hybridized carbons (Fsp3) is 0.630. The van der Waals surface area contributed by atoms with Crippen molar-refractivity contribution in [3.8, 4) is 0 Å². The lowest BCUT2D eigenvalue weighted by atomic mass is 10.1. The maximum absolute atomic E-state index is 13.3. The lowest BCUT2D eigenvalue weighted by Crippen LogP contribution is -2.44. The number of nitrogen functional groups attached to an aromatic ring is 2. The van der Waals surface area contributed by atoms with E-state index in [9.17, 15) is 38.5 Å². The van der Waals surface area contributed by atoms with Crippen molar-refractivity contribution < 1.29 is 65.9 Å². The number of phosphoric acid groups is 2. The van der Waals surface area contributed by atoms with Crippen molar-refractivity contribution in [1.29, 1.82) is 0 Å². The van der Waals surface area contributed by atoms with Crippen LogP contribution >= 0.6 is 15.6 Å². The van der Waals surface area contributed by atoms with Crippen molar-refractivity contribution in [3.05, 3.63) is 35.4 Å². The van der Waals surface area contributed by atoms with Gasteiger partial charge in [0.25, 0.3) is 0 Å². The Hall–Kier alpha value is -3.22. The number of phosphoric ester groups is 2. The molecule has 53 heavy (non-hydrogen) atoms. The summed E-state index contributed by atoms with van der Waals surface area (Å²) >= 11 is 0. The minimum absolute atomic E-state index is 0.0467. The molecule has 3 aromatic heterocycles. The van der Waals surface area contributed by atoms with Gasteiger partial charge in [-0.1, -0.05) is 20.8 Å². The van der Waals surface area contributed by atoms with Crippen LogP contribution in [0.15, 0.2) is 29.7 Å². The van der Waals surface area contributed by atoms with Crippen LogP contribution in [0.1, 0.15) is 39.6 Å². The first-order valence-corrected chi connectivity index (χ1v) is 21.9. The molecule has 0 aliphatic carbocycles. The molecule has 2 aliphatic rings. The Morgan fingerprint density at radius 1 is 1.06 bits per heavy atom. The van der Waals surface area contributed by atoms with Crippen LogP contribution in [-0.4, -0.2) is 113 Å². The number of aliphatic hydroxyl groups is 1. The van der Waals surface area contributed by atoms with Gasteiger partial charge in [0.2, 0.25) is 0 Å². The minimum Gasteiger partial charge on any atom is -0.455 e. The first kappa shape index (κ1) is 41.0. The van der Waals surface area contributed by atoms with Gasteiger partial charge in [-0.25, -0.2) is 33.7 Å². The minimum atomic E-state index is -5.12. The molecule has 5 heterocycles. The Morgan fingerprint density at radius 2 is 1.75 bits per heavy atom. The number of carbonyl (C=O) groups excluding carboxylic acids is 1. The SMILES string of the molecule is CC(C)(C)[Si](C)(C)OCC(=O)OC1C(COP(=O)(O)O[C@H]2C[C@H](n3ccc(N)nc3=O)O[C@@H]2COP(=O)(O)O)OC(n2cnc3c(N)ncnc32)C1O. The Balaban J connectivity index is 1.34. The molecule has 2 fully saturated rings. The Labute approximate surface area is 302 Å². The number of aliphatic hydroxyl groups excluding tert-OH is 1. The average molecular weight is 809 g/mol. The van der Waals surface area contributed by atoms with Gasteiger partial charge < -0.3 is 49.9 Å². The fourth-order valence-corrected chi connectivity index (χ4v) is 7.46. The second-order valence-corrected chi connectivity index (χ2v) is 21.2. The third-order valence-electron chi connectivity index (χ3n) is 9.02. The molecule has 2 saturated heterocycles. The molecular formula is C27H42N8O15P2Si. The fourth-order valence-electron chi connectivity index (χ4n) is 5.24. The summed E-state index contributed by atoms with van der Waals surface area (Å²) in [5.41, 5.74) is 11.0. The maximum Gasteiger partial charge on any atom is 0.472 e. The standard InChI is InChI=1S/C27H42N8O15P2Si/c1-27(2,3)53(4,5)46-11-19(36)49-22-16(48-25(21(22)37)35-13-32-20-23(29)30-12-31-24(20)35)10-45-52(42,43)50-14-8-18(34-7-6-17(28)33-26(34)38)47-15(14)9-44-51(39,40)41/h6-7,12-16,18,21-22,25,37H,8-11H2,1-5H3,(H,42,43)(H2,28,33,38)(H2,29,30,31)(H2,39,40,41)/t14-,15+,16?,18+,21?,22?,25?/m0/s1. The highest BCUT2D eigenvalue weighted by Crippen LogP contribution is 2.50. The first-order valence-electron chi connectivity index (χ1n) is 16.0. The topological polar surface area (TPSA) is 327 Å². The Bertz CT molecular complexity index is 1950. The number of nitrogens with zero attached hydrogens (tertiary/aromatic N) is 6. The highest BCUT2D eigenvalue weighted by Gasteiger charge is 2.50. The van der Waals surface area contributed by atoms with Crippen LogP contribution in [0.2, 0.25) is 18.1 Å². The van der Waals surface area contributed by atoms with E-state index < -0.39 is 98.4 Å². The molecule has 5 unspecified atom stereocenters. The molecule has 0 aromatic carbocycles. The lowest BCUT2D eigenvalue weighted by Gasteiger charge is -2.35. The Kier molecular flexibility index (Phi) is 12.0. The number of esters is 1. The third kappa shape index (κ3) is 9.72. The molecule has 2 aliphatic heterocycles. The van der Waals surface area contributed by atoms with Crippen LogP contribution < -0.4 is 17.2 Å². The van der Waals surface area contributed by atoms with Gasteiger partial charge in [-0.15, -0.1) is 0 Å². The summed E-state index contributed by atoms with van der Waals surface area (Å²) in [5.74, 6) is -0.891. The summed E-state index contributed by atoms with van der Waals surface area (Å²) in [6.45, 7) is 7.75. The molecule has 3 aromatic rings. The van der Waals surface area contributed by atoms with Crippen LogP contribution in [-0.2, 0) is 46.1 Å². The predicted molar refractivity (Wildman–Crippen MR) is 183 cm³/mol. The summed E-state index contributed by atoms with van der Waals surface area (Å²) in [6.07, 6.45) is -6.42. The largest absolute Gasteiger partial charge is 0.472 e. The van der Waals surface area contributed by atoms with Crippen LogP contribution in [0.5, 0.6) is 0 Å². The number of rotatable bonds is 14. The van der Waals surface area contributed by atoms with Crippen molar-refractivity contribution in [2.75, 3.05) is 31.3 Å². The van der Waals surface area contributed by atoms with Crippen molar-refractivity contribution in [2.45, 2.75) is 88.3 Å². The molecule has 0 saturated carbocycles. The van der Waals surface area contributed by atoms with E-state index in [0.29, 0.717) is 0 Å². The summed E-state index contributed by atoms with van der Waals surface area (Å²) in [7, 11) is -12.6. The monoisotopic (exact) mass is 808 g/mol. The number of anilines is 2. The quantitative estimate of drug-likeness (QED) is 0.0726. The van der Waals surface area contributed by atoms with E-state index >= 15 is 0 Å². The third-order valence-corrected chi connectivity index (χ3v) is 15.0. The zero-order chi connectivity index (χ0) is 39.1. The summed E-state index contributed by atoms with van der Waals surface area (Å²) in [4.78, 5) is 70.6. The first-order chi connectivity index (χ1) is 24.5. The van der Waals surface area contributed by atoms with E-state index in [4.69, 9.17) is 39.2 Å². The van der Waals surface area contributed by atoms with Crippen LogP contribution in [0.4, 0.5) is 11.6 Å². The lowest BCUT2D eigenvalue weighted by molar-refractivity contribution is -0.159. The van der Waals surface area contributed by atoms with E-state index in [0.717, 1.165) is 4.57 Å². The van der Waals surface area contributed by atoms with E-state index in [1.807, 2.05) is 33.9 Å². The van der Waals surface area contributed by atoms with Crippen molar-refractivity contribution in [2.24, 2.45) is 0 Å². The van der Waals surface area contributed by atoms with Crippen molar-refractivity contribution >= 4 is 52.7 Å². The van der Waals surface area contributed by atoms with Gasteiger partial charge in [0.1, 0.15) is 54.9 Å². The molecule has 294 valence electrons. The number of nitrogens with two attached hydrogens (primary N) is 2. The number of aromatic nitrogens is 6. The van der Waals surface area contributed by atoms with Crippen LogP contribution in [0.25, 0.3) is 11.2 Å². The zero-order valence-electron chi connectivity index (χ0n) is 29.2. The van der Waals surface area contributed by atoms with Gasteiger partial charge in [0.05, 0.1) is 19.5 Å². The second-order valence-electron chi connectivity index (χ2n) is 13.7. The van der Waals surface area contributed by atoms with Crippen LogP contribution in [0.3, 0.4) is 0 Å². The summed E-state index contributed by atoms with van der Waals surface area (Å²) < 4.78 is 65.5. The number of hydrogen-bond acceptors (Lipinski definition) is 18. The molecule has 5 rings (SSSR count). The highest BCUT2D eigenvalue weighted by molar-refractivity contribution is 7.47. The number of imidazole rings is 1. The van der Waals surface area contributed by atoms with E-state index in [-0.39, 0.29) is 34.3 Å². The van der Waals surface area contributed by atoms with Gasteiger partial charge in [-0.3, -0.25) is 22.7 Å². The van der Waals surface area contributed by atoms with Gasteiger partial charge in [-0.05, 0) is 24.2 Å². The molecule has 0 spiro atoms. The summed E-state index contributed by atoms with van der Waals surface area (Å²) in [5, 5.41) is 11.2. The zero-order valence-corrected chi connectivity index (χ0v) is 32.0. The van der Waals surface area contributed by atoms with Crippen molar-refractivity contribution in [1.82, 2.24) is 29.1 Å². The highest BCUT2D eigenvalue weighted by atomic mass is 31.2. The number of ether oxygens (including phenoxy) is 3. The van der Waals surface area contributed by atoms with Gasteiger partial charge >= 0.3 is 27.3 Å². The predicted octanol–water partition coefficient (Wildman–Crippen LogP) is 0.339. The summed E-state index contributed by atoms with van der Waals surface area (Å²) in [6, 6.07) is 1.29. The molecule has 8 atom stereocenters. The molecule has 23 nitrogen and oxygen atoms in total. The van der Waals surface area contributed by atoms with E-state index in [1.165, 1.54) is 29.5 Å². The van der Waals surface area contributed by atoms with Crippen LogP contribution in [0, 0.1) is 0 Å².